The molecule has 0 aliphatic heterocycles. The van der Waals surface area contributed by atoms with Gasteiger partial charge in [-0.15, -0.1) is 0 Å². The lowest BCUT2D eigenvalue weighted by Gasteiger charge is -2.24. The number of rotatable bonds is 7. The molecule has 16 heavy (non-hydrogen) atoms. The van der Waals surface area contributed by atoms with Gasteiger partial charge in [0.05, 0.1) is 0 Å². The lowest BCUT2D eigenvalue weighted by molar-refractivity contribution is 0.383. The van der Waals surface area contributed by atoms with E-state index in [2.05, 4.69) is 48.8 Å². The zero-order valence-corrected chi connectivity index (χ0v) is 11.0. The molecule has 0 fully saturated rings. The first-order valence-electron chi connectivity index (χ1n) is 6.45. The standard InChI is InChI=1S/C13H25N3/c1-5-7-13-15-9-10-16(13)12(4)11(3)14-8-6-2/h9-12,14H,5-8H2,1-4H3. The van der Waals surface area contributed by atoms with Crippen LogP contribution in [-0.4, -0.2) is 22.1 Å². The summed E-state index contributed by atoms with van der Waals surface area (Å²) < 4.78 is 2.30. The number of aryl methyl sites for hydroxylation is 1. The van der Waals surface area contributed by atoms with E-state index in [1.807, 2.05) is 6.20 Å². The Balaban J connectivity index is 2.63. The van der Waals surface area contributed by atoms with Gasteiger partial charge < -0.3 is 9.88 Å². The van der Waals surface area contributed by atoms with Crippen molar-refractivity contribution in [2.45, 2.75) is 59.0 Å². The molecule has 1 rings (SSSR count). The van der Waals surface area contributed by atoms with Gasteiger partial charge in [0, 0.05) is 30.9 Å². The van der Waals surface area contributed by atoms with Crippen molar-refractivity contribution >= 4 is 0 Å². The summed E-state index contributed by atoms with van der Waals surface area (Å²) in [5.41, 5.74) is 0. The molecular weight excluding hydrogens is 198 g/mol. The molecule has 3 nitrogen and oxygen atoms in total. The smallest absolute Gasteiger partial charge is 0.108 e. The molecule has 0 spiro atoms. The largest absolute Gasteiger partial charge is 0.331 e. The molecule has 0 amide bonds. The number of imidazole rings is 1. The fourth-order valence-electron chi connectivity index (χ4n) is 1.92. The van der Waals surface area contributed by atoms with E-state index in [0.717, 1.165) is 19.4 Å². The maximum absolute atomic E-state index is 4.42. The summed E-state index contributed by atoms with van der Waals surface area (Å²) in [5, 5.41) is 3.54. The molecule has 0 bridgehead atoms. The van der Waals surface area contributed by atoms with Gasteiger partial charge in [-0.25, -0.2) is 4.98 Å². The molecule has 0 saturated heterocycles. The predicted octanol–water partition coefficient (Wildman–Crippen LogP) is 2.78. The molecule has 2 unspecified atom stereocenters. The Labute approximate surface area is 99.3 Å². The third-order valence-corrected chi connectivity index (χ3v) is 3.10. The third kappa shape index (κ3) is 3.34. The topological polar surface area (TPSA) is 29.9 Å². The highest BCUT2D eigenvalue weighted by Crippen LogP contribution is 2.14. The average molecular weight is 223 g/mol. The molecule has 0 aliphatic carbocycles. The van der Waals surface area contributed by atoms with E-state index in [4.69, 9.17) is 0 Å². The highest BCUT2D eigenvalue weighted by Gasteiger charge is 2.15. The van der Waals surface area contributed by atoms with E-state index < -0.39 is 0 Å². The van der Waals surface area contributed by atoms with Crippen molar-refractivity contribution in [1.29, 1.82) is 0 Å². The summed E-state index contributed by atoms with van der Waals surface area (Å²) in [7, 11) is 0. The molecule has 0 aromatic carbocycles. The summed E-state index contributed by atoms with van der Waals surface area (Å²) in [5.74, 6) is 1.21. The molecule has 3 heteroatoms. The molecule has 1 heterocycles. The molecule has 92 valence electrons. The lowest BCUT2D eigenvalue weighted by atomic mass is 10.1. The Morgan fingerprint density at radius 3 is 2.69 bits per heavy atom. The maximum atomic E-state index is 4.42. The number of nitrogens with zero attached hydrogens (tertiary/aromatic N) is 2. The second-order valence-corrected chi connectivity index (χ2v) is 4.48. The van der Waals surface area contributed by atoms with Gasteiger partial charge in [0.2, 0.25) is 0 Å². The van der Waals surface area contributed by atoms with E-state index in [1.54, 1.807) is 0 Å². The summed E-state index contributed by atoms with van der Waals surface area (Å²) in [4.78, 5) is 4.42. The second kappa shape index (κ2) is 6.69. The van der Waals surface area contributed by atoms with Gasteiger partial charge >= 0.3 is 0 Å². The zero-order chi connectivity index (χ0) is 12.0. The second-order valence-electron chi connectivity index (χ2n) is 4.48. The Kier molecular flexibility index (Phi) is 5.53. The molecule has 2 atom stereocenters. The minimum Gasteiger partial charge on any atom is -0.331 e. The quantitative estimate of drug-likeness (QED) is 0.770. The van der Waals surface area contributed by atoms with Crippen molar-refractivity contribution in [1.82, 2.24) is 14.9 Å². The fraction of sp³-hybridized carbons (Fsp3) is 0.769. The molecule has 1 aromatic rings. The molecule has 0 saturated carbocycles. The number of aromatic nitrogens is 2. The van der Waals surface area contributed by atoms with Gasteiger partial charge in [-0.05, 0) is 33.2 Å². The van der Waals surface area contributed by atoms with Gasteiger partial charge in [-0.2, -0.15) is 0 Å². The van der Waals surface area contributed by atoms with Gasteiger partial charge in [0.25, 0.3) is 0 Å². The lowest BCUT2D eigenvalue weighted by Crippen LogP contribution is -2.34. The van der Waals surface area contributed by atoms with Crippen molar-refractivity contribution in [2.75, 3.05) is 6.54 Å². The average Bonchev–Trinajstić information content (AvgIpc) is 2.73. The fourth-order valence-corrected chi connectivity index (χ4v) is 1.92. The van der Waals surface area contributed by atoms with Crippen LogP contribution in [0.4, 0.5) is 0 Å². The summed E-state index contributed by atoms with van der Waals surface area (Å²) in [6.07, 6.45) is 7.41. The van der Waals surface area contributed by atoms with Crippen LogP contribution < -0.4 is 5.32 Å². The van der Waals surface area contributed by atoms with E-state index >= 15 is 0 Å². The molecule has 0 radical (unpaired) electrons. The zero-order valence-electron chi connectivity index (χ0n) is 11.0. The van der Waals surface area contributed by atoms with Crippen LogP contribution in [0.3, 0.4) is 0 Å². The van der Waals surface area contributed by atoms with E-state index in [0.29, 0.717) is 12.1 Å². The number of nitrogens with one attached hydrogen (secondary N) is 1. The maximum Gasteiger partial charge on any atom is 0.108 e. The van der Waals surface area contributed by atoms with E-state index in [9.17, 15) is 0 Å². The number of hydrogen-bond acceptors (Lipinski definition) is 2. The van der Waals surface area contributed by atoms with Crippen LogP contribution in [0.2, 0.25) is 0 Å². The van der Waals surface area contributed by atoms with Crippen LogP contribution in [-0.2, 0) is 6.42 Å². The molecular formula is C13H25N3. The molecule has 1 N–H and O–H groups in total. The highest BCUT2D eigenvalue weighted by molar-refractivity contribution is 4.96. The van der Waals surface area contributed by atoms with Crippen LogP contribution in [0.5, 0.6) is 0 Å². The van der Waals surface area contributed by atoms with Crippen molar-refractivity contribution in [3.05, 3.63) is 18.2 Å². The van der Waals surface area contributed by atoms with Crippen molar-refractivity contribution in [3.8, 4) is 0 Å². The van der Waals surface area contributed by atoms with Gasteiger partial charge in [-0.3, -0.25) is 0 Å². The molecule has 0 aliphatic rings. The Hall–Kier alpha value is -0.830. The minimum absolute atomic E-state index is 0.468. The molecule has 1 aromatic heterocycles. The van der Waals surface area contributed by atoms with Crippen molar-refractivity contribution in [3.63, 3.8) is 0 Å². The van der Waals surface area contributed by atoms with Crippen LogP contribution in [0.15, 0.2) is 12.4 Å². The Morgan fingerprint density at radius 2 is 2.06 bits per heavy atom. The minimum atomic E-state index is 0.468. The first-order valence-corrected chi connectivity index (χ1v) is 6.45. The van der Waals surface area contributed by atoms with Crippen LogP contribution in [0, 0.1) is 0 Å². The van der Waals surface area contributed by atoms with E-state index in [-0.39, 0.29) is 0 Å². The van der Waals surface area contributed by atoms with Crippen molar-refractivity contribution < 1.29 is 0 Å². The normalized spacial score (nSPS) is 15.0. The van der Waals surface area contributed by atoms with Gasteiger partial charge in [-0.1, -0.05) is 13.8 Å². The van der Waals surface area contributed by atoms with Gasteiger partial charge in [0.15, 0.2) is 0 Å². The summed E-state index contributed by atoms with van der Waals surface area (Å²) >= 11 is 0. The van der Waals surface area contributed by atoms with E-state index in [1.165, 1.54) is 12.2 Å². The summed E-state index contributed by atoms with van der Waals surface area (Å²) in [6.45, 7) is 9.99. The van der Waals surface area contributed by atoms with Crippen molar-refractivity contribution in [2.24, 2.45) is 0 Å². The Morgan fingerprint density at radius 1 is 1.31 bits per heavy atom. The van der Waals surface area contributed by atoms with Crippen LogP contribution in [0.25, 0.3) is 0 Å². The predicted molar refractivity (Wildman–Crippen MR) is 68.7 cm³/mol. The Bertz CT molecular complexity index is 293. The SMILES string of the molecule is CCCNC(C)C(C)n1ccnc1CCC. The van der Waals surface area contributed by atoms with Crippen LogP contribution in [0.1, 0.15) is 52.4 Å². The van der Waals surface area contributed by atoms with Gasteiger partial charge in [0.1, 0.15) is 5.82 Å². The number of hydrogen-bond donors (Lipinski definition) is 1. The monoisotopic (exact) mass is 223 g/mol. The highest BCUT2D eigenvalue weighted by atomic mass is 15.1. The first kappa shape index (κ1) is 13.2. The summed E-state index contributed by atoms with van der Waals surface area (Å²) in [6, 6.07) is 0.959. The first-order chi connectivity index (χ1) is 7.70. The van der Waals surface area contributed by atoms with Crippen LogP contribution >= 0.6 is 0 Å². The third-order valence-electron chi connectivity index (χ3n) is 3.10.